The summed E-state index contributed by atoms with van der Waals surface area (Å²) in [6.07, 6.45) is 1.58. The number of rotatable bonds is 2. The largest absolute Gasteiger partial charge is 0.481 e. The molecule has 11 heavy (non-hydrogen) atoms. The highest BCUT2D eigenvalue weighted by Gasteiger charge is 1.98. The summed E-state index contributed by atoms with van der Waals surface area (Å²) in [7, 11) is 0. The van der Waals surface area contributed by atoms with Crippen LogP contribution in [0.2, 0.25) is 0 Å². The second-order valence-electron chi connectivity index (χ2n) is 1.89. The van der Waals surface area contributed by atoms with E-state index in [2.05, 4.69) is 4.98 Å². The standard InChI is InChI=1S/C7H7NO2.HI/c9-7(10)5-6-3-1-2-4-8-6;/h1-4H,5H2,(H,9,10);1H. The van der Waals surface area contributed by atoms with Crippen molar-refractivity contribution >= 4 is 29.9 Å². The molecule has 0 radical (unpaired) electrons. The van der Waals surface area contributed by atoms with Crippen LogP contribution in [0.4, 0.5) is 0 Å². The first-order valence-electron chi connectivity index (χ1n) is 2.91. The molecule has 0 amide bonds. The quantitative estimate of drug-likeness (QED) is 0.820. The third-order valence-electron chi connectivity index (χ3n) is 1.06. The van der Waals surface area contributed by atoms with Crippen LogP contribution in [0.1, 0.15) is 5.69 Å². The van der Waals surface area contributed by atoms with Gasteiger partial charge in [0.2, 0.25) is 0 Å². The van der Waals surface area contributed by atoms with Gasteiger partial charge in [0.05, 0.1) is 12.1 Å². The Morgan fingerprint density at radius 2 is 2.27 bits per heavy atom. The molecule has 0 fully saturated rings. The van der Waals surface area contributed by atoms with E-state index in [0.717, 1.165) is 0 Å². The Morgan fingerprint density at radius 1 is 1.55 bits per heavy atom. The average Bonchev–Trinajstić information content (AvgIpc) is 1.88. The lowest BCUT2D eigenvalue weighted by molar-refractivity contribution is -0.136. The van der Waals surface area contributed by atoms with E-state index in [1.54, 1.807) is 24.4 Å². The lowest BCUT2D eigenvalue weighted by Gasteiger charge is -1.91. The predicted octanol–water partition coefficient (Wildman–Crippen LogP) is 1.33. The van der Waals surface area contributed by atoms with Crippen molar-refractivity contribution in [2.75, 3.05) is 0 Å². The van der Waals surface area contributed by atoms with Gasteiger partial charge in [-0.05, 0) is 12.1 Å². The summed E-state index contributed by atoms with van der Waals surface area (Å²) in [6, 6.07) is 5.21. The number of halogens is 1. The number of aromatic nitrogens is 1. The molecule has 60 valence electrons. The SMILES string of the molecule is I.O=C(O)Cc1ccccn1. The topological polar surface area (TPSA) is 50.2 Å². The molecule has 3 nitrogen and oxygen atoms in total. The van der Waals surface area contributed by atoms with Crippen LogP contribution < -0.4 is 0 Å². The number of carboxylic acids is 1. The van der Waals surface area contributed by atoms with Gasteiger partial charge in [-0.2, -0.15) is 0 Å². The number of pyridine rings is 1. The Balaban J connectivity index is 0.000001000. The van der Waals surface area contributed by atoms with E-state index in [0.29, 0.717) is 5.69 Å². The first-order chi connectivity index (χ1) is 4.79. The molecule has 1 rings (SSSR count). The van der Waals surface area contributed by atoms with Gasteiger partial charge in [-0.1, -0.05) is 6.07 Å². The molecule has 0 aliphatic rings. The maximum absolute atomic E-state index is 10.1. The fraction of sp³-hybridized carbons (Fsp3) is 0.143. The highest BCUT2D eigenvalue weighted by Crippen LogP contribution is 1.93. The molecule has 4 heteroatoms. The van der Waals surface area contributed by atoms with E-state index in [1.165, 1.54) is 0 Å². The van der Waals surface area contributed by atoms with Crippen molar-refractivity contribution in [2.24, 2.45) is 0 Å². The zero-order chi connectivity index (χ0) is 7.40. The van der Waals surface area contributed by atoms with E-state index < -0.39 is 5.97 Å². The van der Waals surface area contributed by atoms with Crippen LogP contribution in [0.3, 0.4) is 0 Å². The van der Waals surface area contributed by atoms with Gasteiger partial charge in [0.1, 0.15) is 0 Å². The minimum Gasteiger partial charge on any atom is -0.481 e. The smallest absolute Gasteiger partial charge is 0.309 e. The highest BCUT2D eigenvalue weighted by atomic mass is 127. The summed E-state index contributed by atoms with van der Waals surface area (Å²) in [6.45, 7) is 0. The first-order valence-corrected chi connectivity index (χ1v) is 2.91. The van der Waals surface area contributed by atoms with Crippen molar-refractivity contribution < 1.29 is 9.90 Å². The van der Waals surface area contributed by atoms with Gasteiger partial charge in [-0.3, -0.25) is 9.78 Å². The monoisotopic (exact) mass is 265 g/mol. The lowest BCUT2D eigenvalue weighted by Crippen LogP contribution is -2.01. The lowest BCUT2D eigenvalue weighted by atomic mass is 10.3. The molecule has 1 N–H and O–H groups in total. The number of aliphatic carboxylic acids is 1. The molecule has 0 atom stereocenters. The van der Waals surface area contributed by atoms with E-state index in [-0.39, 0.29) is 30.4 Å². The molecular weight excluding hydrogens is 257 g/mol. The summed E-state index contributed by atoms with van der Waals surface area (Å²) < 4.78 is 0. The van der Waals surface area contributed by atoms with Gasteiger partial charge < -0.3 is 5.11 Å². The Kier molecular flexibility index (Phi) is 4.76. The Morgan fingerprint density at radius 3 is 2.73 bits per heavy atom. The average molecular weight is 265 g/mol. The van der Waals surface area contributed by atoms with E-state index >= 15 is 0 Å². The third kappa shape index (κ3) is 3.92. The Hall–Kier alpha value is -0.650. The summed E-state index contributed by atoms with van der Waals surface area (Å²) in [5.74, 6) is -0.848. The molecule has 0 saturated heterocycles. The number of carbonyl (C=O) groups is 1. The molecular formula is C7H8INO2. The fourth-order valence-electron chi connectivity index (χ4n) is 0.658. The van der Waals surface area contributed by atoms with Gasteiger partial charge in [-0.25, -0.2) is 0 Å². The second kappa shape index (κ2) is 5.06. The molecule has 0 aliphatic carbocycles. The minimum absolute atomic E-state index is 0. The minimum atomic E-state index is -0.848. The van der Waals surface area contributed by atoms with Crippen molar-refractivity contribution in [1.82, 2.24) is 4.98 Å². The molecule has 0 aliphatic heterocycles. The van der Waals surface area contributed by atoms with Gasteiger partial charge in [0, 0.05) is 6.20 Å². The first kappa shape index (κ1) is 10.3. The van der Waals surface area contributed by atoms with E-state index in [9.17, 15) is 4.79 Å². The molecule has 1 heterocycles. The van der Waals surface area contributed by atoms with Crippen LogP contribution in [0.5, 0.6) is 0 Å². The van der Waals surface area contributed by atoms with E-state index in [1.807, 2.05) is 0 Å². The molecule has 0 aromatic carbocycles. The van der Waals surface area contributed by atoms with Crippen molar-refractivity contribution in [3.63, 3.8) is 0 Å². The van der Waals surface area contributed by atoms with E-state index in [4.69, 9.17) is 5.11 Å². The Bertz CT molecular complexity index is 225. The van der Waals surface area contributed by atoms with Crippen LogP contribution in [0.25, 0.3) is 0 Å². The summed E-state index contributed by atoms with van der Waals surface area (Å²) in [4.78, 5) is 14.0. The molecule has 0 bridgehead atoms. The third-order valence-corrected chi connectivity index (χ3v) is 1.06. The van der Waals surface area contributed by atoms with Gasteiger partial charge >= 0.3 is 5.97 Å². The fourth-order valence-corrected chi connectivity index (χ4v) is 0.658. The van der Waals surface area contributed by atoms with Crippen molar-refractivity contribution in [3.05, 3.63) is 30.1 Å². The molecule has 1 aromatic heterocycles. The van der Waals surface area contributed by atoms with Gasteiger partial charge in [-0.15, -0.1) is 24.0 Å². The molecule has 0 spiro atoms. The zero-order valence-electron chi connectivity index (χ0n) is 5.73. The van der Waals surface area contributed by atoms with Crippen LogP contribution in [0, 0.1) is 0 Å². The van der Waals surface area contributed by atoms with Gasteiger partial charge in [0.25, 0.3) is 0 Å². The van der Waals surface area contributed by atoms with Crippen molar-refractivity contribution in [1.29, 1.82) is 0 Å². The van der Waals surface area contributed by atoms with Crippen molar-refractivity contribution in [2.45, 2.75) is 6.42 Å². The normalized spacial score (nSPS) is 8.36. The van der Waals surface area contributed by atoms with Crippen LogP contribution in [-0.4, -0.2) is 16.1 Å². The summed E-state index contributed by atoms with van der Waals surface area (Å²) in [5.41, 5.74) is 0.593. The molecule has 0 saturated carbocycles. The van der Waals surface area contributed by atoms with Crippen LogP contribution >= 0.6 is 24.0 Å². The highest BCUT2D eigenvalue weighted by molar-refractivity contribution is 14.0. The maximum Gasteiger partial charge on any atom is 0.309 e. The molecule has 0 unspecified atom stereocenters. The van der Waals surface area contributed by atoms with Gasteiger partial charge in [0.15, 0.2) is 0 Å². The van der Waals surface area contributed by atoms with Crippen LogP contribution in [-0.2, 0) is 11.2 Å². The number of hydrogen-bond donors (Lipinski definition) is 1. The number of nitrogens with zero attached hydrogens (tertiary/aromatic N) is 1. The summed E-state index contributed by atoms with van der Waals surface area (Å²) in [5, 5.41) is 8.33. The number of hydrogen-bond acceptors (Lipinski definition) is 2. The predicted molar refractivity (Wildman–Crippen MR) is 51.0 cm³/mol. The molecule has 1 aromatic rings. The second-order valence-corrected chi connectivity index (χ2v) is 1.89. The maximum atomic E-state index is 10.1. The summed E-state index contributed by atoms with van der Waals surface area (Å²) >= 11 is 0. The van der Waals surface area contributed by atoms with Crippen molar-refractivity contribution in [3.8, 4) is 0 Å². The Labute approximate surface area is 81.5 Å². The van der Waals surface area contributed by atoms with Crippen LogP contribution in [0.15, 0.2) is 24.4 Å². The zero-order valence-corrected chi connectivity index (χ0v) is 8.06. The number of carboxylic acid groups (broad SMARTS) is 1.